The van der Waals surface area contributed by atoms with Crippen molar-refractivity contribution in [1.82, 2.24) is 0 Å². The lowest BCUT2D eigenvalue weighted by atomic mass is 10.0. The topological polar surface area (TPSA) is 136 Å². The van der Waals surface area contributed by atoms with Gasteiger partial charge in [0.2, 0.25) is 0 Å². The van der Waals surface area contributed by atoms with E-state index in [1.165, 1.54) is 13.2 Å². The van der Waals surface area contributed by atoms with Gasteiger partial charge in [-0.15, -0.1) is 11.3 Å². The minimum atomic E-state index is -0.653. The van der Waals surface area contributed by atoms with Crippen molar-refractivity contribution >= 4 is 35.1 Å². The number of nitrogens with zero attached hydrogens (tertiary/aromatic N) is 2. The van der Waals surface area contributed by atoms with Gasteiger partial charge in [-0.05, 0) is 56.2 Å². The zero-order chi connectivity index (χ0) is 29.9. The van der Waals surface area contributed by atoms with Crippen LogP contribution in [-0.2, 0) is 27.3 Å². The van der Waals surface area contributed by atoms with Gasteiger partial charge in [0.25, 0.3) is 0 Å². The lowest BCUT2D eigenvalue weighted by molar-refractivity contribution is -0.114. The molecular weight excluding hydrogens is 544 g/mol. The third-order valence-electron chi connectivity index (χ3n) is 5.92. The number of ether oxygens (including phenoxy) is 4. The summed E-state index contributed by atoms with van der Waals surface area (Å²) < 4.78 is 21.5. The number of allylic oxidation sites excluding steroid dienone is 1. The number of methoxy groups -OCH3 is 1. The summed E-state index contributed by atoms with van der Waals surface area (Å²) in [7, 11) is 1.46. The molecular formula is C31H28N2O7S. The highest BCUT2D eigenvalue weighted by Crippen LogP contribution is 2.32. The van der Waals surface area contributed by atoms with Gasteiger partial charge in [-0.1, -0.05) is 24.3 Å². The highest BCUT2D eigenvalue weighted by atomic mass is 32.1. The fraction of sp³-hybridized carbons (Fsp3) is 0.258. The minimum absolute atomic E-state index is 0.117. The Morgan fingerprint density at radius 2 is 1.68 bits per heavy atom. The van der Waals surface area contributed by atoms with Crippen LogP contribution in [0.15, 0.2) is 48.0 Å². The Kier molecular flexibility index (Phi) is 10.8. The largest absolute Gasteiger partial charge is 0.493 e. The minimum Gasteiger partial charge on any atom is -0.493 e. The third kappa shape index (κ3) is 7.38. The third-order valence-corrected chi connectivity index (χ3v) is 7.19. The maximum Gasteiger partial charge on any atom is 0.348 e. The van der Waals surface area contributed by atoms with Crippen LogP contribution in [0.3, 0.4) is 0 Å². The van der Waals surface area contributed by atoms with E-state index >= 15 is 0 Å². The first-order chi connectivity index (χ1) is 19.8. The van der Waals surface area contributed by atoms with Crippen LogP contribution >= 0.6 is 11.3 Å². The molecule has 10 heteroatoms. The smallest absolute Gasteiger partial charge is 0.348 e. The summed E-state index contributed by atoms with van der Waals surface area (Å²) in [5.41, 5.74) is 2.08. The van der Waals surface area contributed by atoms with E-state index in [0.29, 0.717) is 33.1 Å². The van der Waals surface area contributed by atoms with Gasteiger partial charge in [-0.2, -0.15) is 10.5 Å². The predicted octanol–water partition coefficient (Wildman–Crippen LogP) is 5.59. The number of rotatable bonds is 12. The second kappa shape index (κ2) is 14.5. The number of Topliss-reactive ketones (excluding diaryl/α,β-unsaturated/α-hetero) is 1. The first-order valence-electron chi connectivity index (χ1n) is 12.7. The molecule has 1 heterocycles. The Balaban J connectivity index is 1.87. The Morgan fingerprint density at radius 3 is 2.34 bits per heavy atom. The average molecular weight is 573 g/mol. The zero-order valence-electron chi connectivity index (χ0n) is 23.1. The van der Waals surface area contributed by atoms with Gasteiger partial charge in [0.15, 0.2) is 17.3 Å². The molecule has 1 aromatic heterocycles. The Hall–Kier alpha value is -4.93. The fourth-order valence-electron chi connectivity index (χ4n) is 3.95. The molecule has 0 atom stereocenters. The fourth-order valence-corrected chi connectivity index (χ4v) is 5.13. The van der Waals surface area contributed by atoms with E-state index in [2.05, 4.69) is 6.07 Å². The molecule has 0 saturated heterocycles. The van der Waals surface area contributed by atoms with Crippen molar-refractivity contribution in [3.63, 3.8) is 0 Å². The highest BCUT2D eigenvalue weighted by Gasteiger charge is 2.28. The van der Waals surface area contributed by atoms with Crippen LogP contribution in [0.25, 0.3) is 6.08 Å². The number of hydrogen-bond donors (Lipinski definition) is 0. The number of esters is 2. The molecule has 41 heavy (non-hydrogen) atoms. The standard InChI is InChI=1S/C31H28N2O7S/c1-5-38-30(35)28-19(3)29(31(36)39-6-2)41-27(28)15-24(34)23(17-33)13-20-11-12-25(26(14-20)37-4)40-18-22-10-8-7-9-21(22)16-32/h7-14H,5-6,15,18H2,1-4H3/b23-13+. The molecule has 2 aromatic carbocycles. The van der Waals surface area contributed by atoms with Crippen molar-refractivity contribution < 1.29 is 33.3 Å². The molecule has 0 amide bonds. The van der Waals surface area contributed by atoms with Gasteiger partial charge >= 0.3 is 11.9 Å². The normalized spacial score (nSPS) is 10.7. The van der Waals surface area contributed by atoms with E-state index in [9.17, 15) is 24.9 Å². The average Bonchev–Trinajstić information content (AvgIpc) is 3.30. The summed E-state index contributed by atoms with van der Waals surface area (Å²) in [6, 6.07) is 16.1. The van der Waals surface area contributed by atoms with E-state index in [4.69, 9.17) is 18.9 Å². The molecule has 0 spiro atoms. The first-order valence-corrected chi connectivity index (χ1v) is 13.5. The number of ketones is 1. The van der Waals surface area contributed by atoms with E-state index in [-0.39, 0.29) is 42.3 Å². The molecule has 0 bridgehead atoms. The van der Waals surface area contributed by atoms with Gasteiger partial charge < -0.3 is 18.9 Å². The lowest BCUT2D eigenvalue weighted by Crippen LogP contribution is -2.12. The molecule has 0 aliphatic heterocycles. The lowest BCUT2D eigenvalue weighted by Gasteiger charge is -2.12. The Morgan fingerprint density at radius 1 is 0.976 bits per heavy atom. The van der Waals surface area contributed by atoms with Crippen LogP contribution in [-0.4, -0.2) is 38.0 Å². The van der Waals surface area contributed by atoms with Crippen LogP contribution in [0.4, 0.5) is 0 Å². The summed E-state index contributed by atoms with van der Waals surface area (Å²) >= 11 is 0.976. The zero-order valence-corrected chi connectivity index (χ0v) is 23.9. The second-order valence-electron chi connectivity index (χ2n) is 8.53. The predicted molar refractivity (Wildman–Crippen MR) is 152 cm³/mol. The van der Waals surface area contributed by atoms with Crippen LogP contribution in [0.5, 0.6) is 11.5 Å². The molecule has 9 nitrogen and oxygen atoms in total. The van der Waals surface area contributed by atoms with Gasteiger partial charge in [0.1, 0.15) is 17.6 Å². The molecule has 3 rings (SSSR count). The Bertz CT molecular complexity index is 1570. The van der Waals surface area contributed by atoms with Gasteiger partial charge in [0, 0.05) is 16.9 Å². The number of carbonyl (C=O) groups excluding carboxylic acids is 3. The first kappa shape index (κ1) is 30.6. The number of nitriles is 2. The van der Waals surface area contributed by atoms with E-state index in [1.807, 2.05) is 12.1 Å². The summed E-state index contributed by atoms with van der Waals surface area (Å²) in [6.45, 7) is 5.34. The Labute approximate surface area is 242 Å². The summed E-state index contributed by atoms with van der Waals surface area (Å²) in [4.78, 5) is 38.8. The van der Waals surface area contributed by atoms with Crippen LogP contribution < -0.4 is 9.47 Å². The maximum absolute atomic E-state index is 13.2. The van der Waals surface area contributed by atoms with Crippen LogP contribution in [0.2, 0.25) is 0 Å². The molecule has 0 N–H and O–H groups in total. The maximum atomic E-state index is 13.2. The molecule has 3 aromatic rings. The van der Waals surface area contributed by atoms with Crippen molar-refractivity contribution in [3.8, 4) is 23.6 Å². The SMILES string of the molecule is CCOC(=O)c1sc(CC(=O)/C(C#N)=C/c2ccc(OCc3ccccc3C#N)c(OC)c2)c(C(=O)OCC)c1C. The summed E-state index contributed by atoms with van der Waals surface area (Å²) in [6.07, 6.45) is 1.13. The number of hydrogen-bond acceptors (Lipinski definition) is 10. The molecule has 0 aliphatic carbocycles. The van der Waals surface area contributed by atoms with E-state index in [0.717, 1.165) is 16.9 Å². The molecule has 0 saturated carbocycles. The number of thiophene rings is 1. The summed E-state index contributed by atoms with van der Waals surface area (Å²) in [5, 5.41) is 19.1. The van der Waals surface area contributed by atoms with Gasteiger partial charge in [-0.25, -0.2) is 9.59 Å². The number of benzene rings is 2. The van der Waals surface area contributed by atoms with Crippen LogP contribution in [0, 0.1) is 29.6 Å². The van der Waals surface area contributed by atoms with Crippen molar-refractivity contribution in [1.29, 1.82) is 10.5 Å². The quantitative estimate of drug-likeness (QED) is 0.155. The van der Waals surface area contributed by atoms with Crippen molar-refractivity contribution in [2.24, 2.45) is 0 Å². The van der Waals surface area contributed by atoms with Crippen molar-refractivity contribution in [3.05, 3.63) is 85.6 Å². The molecule has 0 radical (unpaired) electrons. The molecule has 0 fully saturated rings. The molecule has 210 valence electrons. The van der Waals surface area contributed by atoms with Gasteiger partial charge in [-0.3, -0.25) is 4.79 Å². The van der Waals surface area contributed by atoms with E-state index in [1.54, 1.807) is 57.2 Å². The summed E-state index contributed by atoms with van der Waals surface area (Å²) in [5.74, 6) is -1.000. The van der Waals surface area contributed by atoms with E-state index < -0.39 is 17.7 Å². The van der Waals surface area contributed by atoms with Crippen molar-refractivity contribution in [2.45, 2.75) is 33.8 Å². The van der Waals surface area contributed by atoms with Crippen molar-refractivity contribution in [2.75, 3.05) is 20.3 Å². The molecule has 0 aliphatic rings. The second-order valence-corrected chi connectivity index (χ2v) is 9.64. The molecule has 0 unspecified atom stereocenters. The highest BCUT2D eigenvalue weighted by molar-refractivity contribution is 7.14. The number of carbonyl (C=O) groups is 3. The monoisotopic (exact) mass is 572 g/mol. The van der Waals surface area contributed by atoms with Crippen LogP contribution in [0.1, 0.15) is 61.0 Å². The van der Waals surface area contributed by atoms with Gasteiger partial charge in [0.05, 0.1) is 43.1 Å².